The summed E-state index contributed by atoms with van der Waals surface area (Å²) >= 11 is 2.87. The molecule has 1 saturated heterocycles. The number of hydrogen-bond donors (Lipinski definition) is 1. The molecule has 0 unspecified atom stereocenters. The minimum atomic E-state index is -0.204. The highest BCUT2D eigenvalue weighted by atomic mass is 32.2. The minimum absolute atomic E-state index is 0.0476. The molecule has 34 heavy (non-hydrogen) atoms. The first kappa shape index (κ1) is 21.6. The largest absolute Gasteiger partial charge is 0.351 e. The average molecular weight is 490 g/mol. The molecule has 0 spiro atoms. The lowest BCUT2D eigenvalue weighted by Crippen LogP contribution is -2.32. The third-order valence-corrected chi connectivity index (χ3v) is 9.18. The van der Waals surface area contributed by atoms with Gasteiger partial charge in [0.2, 0.25) is 17.7 Å². The molecular formula is C26H23N3O3S2. The third-order valence-electron chi connectivity index (χ3n) is 7.02. The smallest absolute Gasteiger partial charge is 0.238 e. The Morgan fingerprint density at radius 1 is 1.09 bits per heavy atom. The van der Waals surface area contributed by atoms with E-state index in [1.807, 2.05) is 43.3 Å². The first-order chi connectivity index (χ1) is 16.5. The lowest BCUT2D eigenvalue weighted by molar-refractivity contribution is -0.123. The Kier molecular flexibility index (Phi) is 5.30. The fraction of sp³-hybridized carbons (Fsp3) is 0.308. The first-order valence-electron chi connectivity index (χ1n) is 11.4. The van der Waals surface area contributed by atoms with Gasteiger partial charge in [-0.2, -0.15) is 0 Å². The number of nitrogens with one attached hydrogen (secondary N) is 1. The van der Waals surface area contributed by atoms with Crippen LogP contribution in [0.3, 0.4) is 0 Å². The van der Waals surface area contributed by atoms with Crippen molar-refractivity contribution in [2.45, 2.75) is 24.2 Å². The Labute approximate surface area is 205 Å². The summed E-state index contributed by atoms with van der Waals surface area (Å²) in [7, 11) is 0. The lowest BCUT2D eigenvalue weighted by Gasteiger charge is -2.17. The number of rotatable bonds is 6. The van der Waals surface area contributed by atoms with Gasteiger partial charge in [0, 0.05) is 6.54 Å². The van der Waals surface area contributed by atoms with E-state index in [0.29, 0.717) is 12.2 Å². The zero-order chi connectivity index (χ0) is 23.4. The molecule has 2 fully saturated rings. The number of fused-ring (bicyclic) bond motifs is 6. The normalized spacial score (nSPS) is 24.9. The summed E-state index contributed by atoms with van der Waals surface area (Å²) < 4.78 is 1.69. The number of benzene rings is 2. The van der Waals surface area contributed by atoms with Crippen LogP contribution >= 0.6 is 23.1 Å². The SMILES string of the molecule is Cc1ccc(CNC(=O)CSc2nc3ccc(N4C(=O)[C@H]5[C@H](C4=O)[C@H]4C=C[C@H]5C4)cc3s2)cc1. The van der Waals surface area contributed by atoms with Gasteiger partial charge < -0.3 is 5.32 Å². The first-order valence-corrected chi connectivity index (χ1v) is 13.2. The Morgan fingerprint density at radius 2 is 1.79 bits per heavy atom. The maximum atomic E-state index is 13.1. The van der Waals surface area contributed by atoms with Crippen LogP contribution in [0, 0.1) is 30.6 Å². The number of aryl methyl sites for hydroxylation is 1. The van der Waals surface area contributed by atoms with E-state index in [9.17, 15) is 14.4 Å². The van der Waals surface area contributed by atoms with Gasteiger partial charge >= 0.3 is 0 Å². The van der Waals surface area contributed by atoms with Gasteiger partial charge in [0.05, 0.1) is 33.5 Å². The Hall–Kier alpha value is -2.97. The van der Waals surface area contributed by atoms with Crippen molar-refractivity contribution in [2.75, 3.05) is 10.7 Å². The van der Waals surface area contributed by atoms with Crippen LogP contribution in [0.4, 0.5) is 5.69 Å². The van der Waals surface area contributed by atoms with Gasteiger partial charge in [0.25, 0.3) is 0 Å². The molecule has 2 aliphatic carbocycles. The molecule has 4 atom stereocenters. The number of anilines is 1. The monoisotopic (exact) mass is 489 g/mol. The quantitative estimate of drug-likeness (QED) is 0.317. The second-order valence-corrected chi connectivity index (χ2v) is 11.4. The molecule has 0 radical (unpaired) electrons. The van der Waals surface area contributed by atoms with Crippen molar-refractivity contribution in [2.24, 2.45) is 23.7 Å². The molecule has 1 aromatic heterocycles. The Bertz CT molecular complexity index is 1320. The van der Waals surface area contributed by atoms with Crippen LogP contribution in [0.2, 0.25) is 0 Å². The number of nitrogens with zero attached hydrogens (tertiary/aromatic N) is 2. The number of thioether (sulfide) groups is 1. The highest BCUT2D eigenvalue weighted by molar-refractivity contribution is 8.01. The molecule has 2 aromatic carbocycles. The average Bonchev–Trinajstić information content (AvgIpc) is 3.60. The number of aromatic nitrogens is 1. The van der Waals surface area contributed by atoms with Gasteiger partial charge in [-0.3, -0.25) is 14.4 Å². The number of carbonyl (C=O) groups is 3. The predicted octanol–water partition coefficient (Wildman–Crippen LogP) is 4.32. The summed E-state index contributed by atoms with van der Waals surface area (Å²) in [5.74, 6) is 0.0707. The van der Waals surface area contributed by atoms with Crippen LogP contribution in [0.5, 0.6) is 0 Å². The summed E-state index contributed by atoms with van der Waals surface area (Å²) in [5.41, 5.74) is 3.68. The van der Waals surface area contributed by atoms with Crippen molar-refractivity contribution < 1.29 is 14.4 Å². The second kappa shape index (κ2) is 8.36. The van der Waals surface area contributed by atoms with Crippen molar-refractivity contribution in [1.82, 2.24) is 10.3 Å². The number of hydrogen-bond acceptors (Lipinski definition) is 6. The van der Waals surface area contributed by atoms with E-state index >= 15 is 0 Å². The summed E-state index contributed by atoms with van der Waals surface area (Å²) in [6.07, 6.45) is 5.13. The molecule has 8 heteroatoms. The fourth-order valence-corrected chi connectivity index (χ4v) is 7.27. The molecule has 172 valence electrons. The third kappa shape index (κ3) is 3.65. The van der Waals surface area contributed by atoms with E-state index < -0.39 is 0 Å². The summed E-state index contributed by atoms with van der Waals surface area (Å²) in [6, 6.07) is 13.6. The predicted molar refractivity (Wildman–Crippen MR) is 134 cm³/mol. The maximum Gasteiger partial charge on any atom is 0.238 e. The van der Waals surface area contributed by atoms with Crippen molar-refractivity contribution in [3.8, 4) is 0 Å². The molecular weight excluding hydrogens is 466 g/mol. The van der Waals surface area contributed by atoms with E-state index in [1.165, 1.54) is 33.6 Å². The number of allylic oxidation sites excluding steroid dienone is 2. The molecule has 1 saturated carbocycles. The Morgan fingerprint density at radius 3 is 2.50 bits per heavy atom. The van der Waals surface area contributed by atoms with Crippen LogP contribution < -0.4 is 10.2 Å². The van der Waals surface area contributed by atoms with E-state index in [1.54, 1.807) is 6.07 Å². The number of carbonyl (C=O) groups excluding carboxylic acids is 3. The van der Waals surface area contributed by atoms with Gasteiger partial charge in [-0.1, -0.05) is 53.7 Å². The van der Waals surface area contributed by atoms with Gasteiger partial charge in [-0.05, 0) is 48.9 Å². The maximum absolute atomic E-state index is 13.1. The molecule has 3 amide bonds. The van der Waals surface area contributed by atoms with Crippen molar-refractivity contribution in [3.05, 3.63) is 65.7 Å². The number of imide groups is 1. The van der Waals surface area contributed by atoms with E-state index in [2.05, 4.69) is 22.5 Å². The second-order valence-electron chi connectivity index (χ2n) is 9.19. The molecule has 6 rings (SSSR count). The number of amides is 3. The van der Waals surface area contributed by atoms with Crippen LogP contribution in [-0.2, 0) is 20.9 Å². The van der Waals surface area contributed by atoms with Crippen molar-refractivity contribution in [3.63, 3.8) is 0 Å². The minimum Gasteiger partial charge on any atom is -0.351 e. The van der Waals surface area contributed by atoms with Crippen LogP contribution in [0.25, 0.3) is 10.2 Å². The Balaban J connectivity index is 1.12. The molecule has 6 nitrogen and oxygen atoms in total. The van der Waals surface area contributed by atoms with Gasteiger partial charge in [0.15, 0.2) is 4.34 Å². The van der Waals surface area contributed by atoms with E-state index in [4.69, 9.17) is 0 Å². The van der Waals surface area contributed by atoms with Crippen LogP contribution in [0.15, 0.2) is 59.0 Å². The van der Waals surface area contributed by atoms with E-state index in [0.717, 1.165) is 26.5 Å². The zero-order valence-corrected chi connectivity index (χ0v) is 20.2. The standard InChI is InChI=1S/C26H23N3O3S2/c1-14-2-4-15(5-3-14)12-27-21(30)13-33-26-28-19-9-8-18(11-20(19)34-26)29-24(31)22-16-6-7-17(10-16)23(22)25(29)32/h2-9,11,16-17,22-23H,10,12-13H2,1H3,(H,27,30)/t16-,17-,22+,23+/m0/s1. The molecule has 1 N–H and O–H groups in total. The zero-order valence-electron chi connectivity index (χ0n) is 18.6. The number of thiazole rings is 1. The molecule has 1 aliphatic heterocycles. The van der Waals surface area contributed by atoms with Crippen molar-refractivity contribution >= 4 is 56.7 Å². The molecule has 2 heterocycles. The van der Waals surface area contributed by atoms with Crippen LogP contribution in [0.1, 0.15) is 17.5 Å². The lowest BCUT2D eigenvalue weighted by atomic mass is 9.85. The summed E-state index contributed by atoms with van der Waals surface area (Å²) in [4.78, 5) is 44.5. The molecule has 3 aromatic rings. The fourth-order valence-electron chi connectivity index (χ4n) is 5.33. The van der Waals surface area contributed by atoms with Crippen molar-refractivity contribution in [1.29, 1.82) is 0 Å². The molecule has 3 aliphatic rings. The highest BCUT2D eigenvalue weighted by Gasteiger charge is 2.59. The van der Waals surface area contributed by atoms with Gasteiger partial charge in [-0.25, -0.2) is 9.88 Å². The summed E-state index contributed by atoms with van der Waals surface area (Å²) in [5, 5.41) is 2.94. The van der Waals surface area contributed by atoms with Gasteiger partial charge in [-0.15, -0.1) is 11.3 Å². The summed E-state index contributed by atoms with van der Waals surface area (Å²) in [6.45, 7) is 2.53. The molecule has 2 bridgehead atoms. The topological polar surface area (TPSA) is 79.4 Å². The van der Waals surface area contributed by atoms with Gasteiger partial charge in [0.1, 0.15) is 0 Å². The highest BCUT2D eigenvalue weighted by Crippen LogP contribution is 2.53. The van der Waals surface area contributed by atoms with Crippen LogP contribution in [-0.4, -0.2) is 28.5 Å². The van der Waals surface area contributed by atoms with E-state index in [-0.39, 0.29) is 47.1 Å².